The highest BCUT2D eigenvalue weighted by molar-refractivity contribution is 6.30. The largest absolute Gasteiger partial charge is 0.380 e. The maximum absolute atomic E-state index is 9.10. The fourth-order valence-electron chi connectivity index (χ4n) is 1.93. The number of anilines is 1. The molecule has 0 aliphatic heterocycles. The van der Waals surface area contributed by atoms with E-state index in [0.717, 1.165) is 23.4 Å². The minimum Gasteiger partial charge on any atom is -0.380 e. The summed E-state index contributed by atoms with van der Waals surface area (Å²) in [6.45, 7) is 4.00. The summed E-state index contributed by atoms with van der Waals surface area (Å²) in [6, 6.07) is 15.6. The van der Waals surface area contributed by atoms with Crippen molar-refractivity contribution in [2.24, 2.45) is 0 Å². The molecule has 0 unspecified atom stereocenters. The number of rotatable bonds is 6. The van der Waals surface area contributed by atoms with Crippen LogP contribution in [0.4, 0.5) is 5.69 Å². The van der Waals surface area contributed by atoms with E-state index >= 15 is 0 Å². The molecule has 0 aromatic heterocycles. The van der Waals surface area contributed by atoms with Crippen molar-refractivity contribution in [1.82, 2.24) is 0 Å². The number of halogens is 1. The Morgan fingerprint density at radius 1 is 1.14 bits per heavy atom. The lowest BCUT2D eigenvalue weighted by Crippen LogP contribution is -2.01. The fraction of sp³-hybridized carbons (Fsp3) is 0.235. The average Bonchev–Trinajstić information content (AvgIpc) is 2.52. The van der Waals surface area contributed by atoms with E-state index in [-0.39, 0.29) is 0 Å². The van der Waals surface area contributed by atoms with Crippen LogP contribution in [0, 0.1) is 11.3 Å². The summed E-state index contributed by atoms with van der Waals surface area (Å²) in [4.78, 5) is 0. The lowest BCUT2D eigenvalue weighted by molar-refractivity contribution is 0.134. The number of hydrogen-bond acceptors (Lipinski definition) is 3. The van der Waals surface area contributed by atoms with Gasteiger partial charge in [0.1, 0.15) is 6.07 Å². The maximum atomic E-state index is 9.10. The third kappa shape index (κ3) is 4.49. The molecule has 0 saturated carbocycles. The minimum atomic E-state index is 0.551. The third-order valence-corrected chi connectivity index (χ3v) is 3.32. The van der Waals surface area contributed by atoms with Gasteiger partial charge in [-0.05, 0) is 36.2 Å². The van der Waals surface area contributed by atoms with Crippen LogP contribution in [0.25, 0.3) is 0 Å². The number of nitriles is 1. The zero-order valence-electron chi connectivity index (χ0n) is 11.9. The van der Waals surface area contributed by atoms with Crippen LogP contribution >= 0.6 is 11.6 Å². The molecule has 0 heterocycles. The first-order valence-electron chi connectivity index (χ1n) is 6.82. The molecular weight excluding hydrogens is 284 g/mol. The van der Waals surface area contributed by atoms with E-state index in [9.17, 15) is 0 Å². The number of hydrogen-bond donors (Lipinski definition) is 1. The smallest absolute Gasteiger partial charge is 0.101 e. The topological polar surface area (TPSA) is 45.0 Å². The van der Waals surface area contributed by atoms with Crippen LogP contribution in [0.2, 0.25) is 5.02 Å². The Kier molecular flexibility index (Phi) is 5.62. The normalized spacial score (nSPS) is 10.1. The van der Waals surface area contributed by atoms with Gasteiger partial charge in [0.05, 0.1) is 17.9 Å². The maximum Gasteiger partial charge on any atom is 0.101 e. The average molecular weight is 301 g/mol. The predicted molar refractivity (Wildman–Crippen MR) is 85.3 cm³/mol. The summed E-state index contributed by atoms with van der Waals surface area (Å²) >= 11 is 5.88. The van der Waals surface area contributed by atoms with Crippen LogP contribution in [0.5, 0.6) is 0 Å². The van der Waals surface area contributed by atoms with Gasteiger partial charge in [0.2, 0.25) is 0 Å². The van der Waals surface area contributed by atoms with Gasteiger partial charge < -0.3 is 10.1 Å². The lowest BCUT2D eigenvalue weighted by atomic mass is 10.1. The molecule has 3 nitrogen and oxygen atoms in total. The van der Waals surface area contributed by atoms with Crippen molar-refractivity contribution in [2.45, 2.75) is 20.1 Å². The second-order valence-corrected chi connectivity index (χ2v) is 5.05. The molecule has 0 bridgehead atoms. The van der Waals surface area contributed by atoms with Gasteiger partial charge in [-0.15, -0.1) is 0 Å². The molecule has 0 atom stereocenters. The number of ether oxygens (including phenoxy) is 1. The second kappa shape index (κ2) is 7.68. The van der Waals surface area contributed by atoms with Crippen LogP contribution in [0.1, 0.15) is 23.6 Å². The Morgan fingerprint density at radius 3 is 2.52 bits per heavy atom. The van der Waals surface area contributed by atoms with Crippen molar-refractivity contribution in [3.05, 3.63) is 64.2 Å². The predicted octanol–water partition coefficient (Wildman–Crippen LogP) is 4.36. The Morgan fingerprint density at radius 2 is 1.86 bits per heavy atom. The van der Waals surface area contributed by atoms with Gasteiger partial charge in [-0.25, -0.2) is 0 Å². The molecule has 21 heavy (non-hydrogen) atoms. The van der Waals surface area contributed by atoms with Crippen molar-refractivity contribution in [1.29, 1.82) is 5.26 Å². The fourth-order valence-corrected chi connectivity index (χ4v) is 2.11. The van der Waals surface area contributed by atoms with E-state index in [4.69, 9.17) is 21.6 Å². The first kappa shape index (κ1) is 15.4. The van der Waals surface area contributed by atoms with Crippen molar-refractivity contribution in [3.8, 4) is 6.07 Å². The number of nitrogens with one attached hydrogen (secondary N) is 1. The third-order valence-electron chi connectivity index (χ3n) is 3.08. The van der Waals surface area contributed by atoms with E-state index in [2.05, 4.69) is 35.7 Å². The molecule has 4 heteroatoms. The van der Waals surface area contributed by atoms with Crippen LogP contribution in [-0.2, 0) is 17.9 Å². The molecule has 0 saturated heterocycles. The standard InChI is InChI=1S/C17H17ClN2O/c1-2-21-12-14-5-3-13(4-6-14)11-20-17-8-7-16(18)9-15(17)10-19/h3-9,20H,2,11-12H2,1H3. The summed E-state index contributed by atoms with van der Waals surface area (Å²) < 4.78 is 5.37. The zero-order valence-corrected chi connectivity index (χ0v) is 12.7. The molecule has 0 fully saturated rings. The van der Waals surface area contributed by atoms with Crippen LogP contribution in [-0.4, -0.2) is 6.61 Å². The van der Waals surface area contributed by atoms with E-state index in [1.807, 2.05) is 13.0 Å². The molecule has 2 aromatic rings. The van der Waals surface area contributed by atoms with Crippen LogP contribution < -0.4 is 5.32 Å². The van der Waals surface area contributed by atoms with E-state index in [1.165, 1.54) is 0 Å². The van der Waals surface area contributed by atoms with Gasteiger partial charge >= 0.3 is 0 Å². The van der Waals surface area contributed by atoms with Gasteiger partial charge in [0.25, 0.3) is 0 Å². The Bertz CT molecular complexity index is 632. The van der Waals surface area contributed by atoms with Crippen molar-refractivity contribution in [3.63, 3.8) is 0 Å². The Balaban J connectivity index is 1.98. The molecule has 2 rings (SSSR count). The summed E-state index contributed by atoms with van der Waals surface area (Å²) in [5.74, 6) is 0. The van der Waals surface area contributed by atoms with E-state index < -0.39 is 0 Å². The van der Waals surface area contributed by atoms with Gasteiger partial charge in [-0.2, -0.15) is 5.26 Å². The SMILES string of the molecule is CCOCc1ccc(CNc2ccc(Cl)cc2C#N)cc1. The lowest BCUT2D eigenvalue weighted by Gasteiger charge is -2.09. The quantitative estimate of drug-likeness (QED) is 0.862. The molecule has 0 aliphatic rings. The Labute approximate surface area is 130 Å². The van der Waals surface area contributed by atoms with Crippen molar-refractivity contribution >= 4 is 17.3 Å². The summed E-state index contributed by atoms with van der Waals surface area (Å²) in [5, 5.41) is 12.9. The minimum absolute atomic E-state index is 0.551. The molecule has 1 N–H and O–H groups in total. The van der Waals surface area contributed by atoms with Crippen molar-refractivity contribution < 1.29 is 4.74 Å². The molecule has 0 radical (unpaired) electrons. The summed E-state index contributed by atoms with van der Waals surface area (Å²) in [6.07, 6.45) is 0. The zero-order chi connectivity index (χ0) is 15.1. The number of nitrogens with zero attached hydrogens (tertiary/aromatic N) is 1. The molecule has 0 aliphatic carbocycles. The number of benzene rings is 2. The molecular formula is C17H17ClN2O. The monoisotopic (exact) mass is 300 g/mol. The first-order chi connectivity index (χ1) is 10.2. The highest BCUT2D eigenvalue weighted by Gasteiger charge is 2.03. The van der Waals surface area contributed by atoms with Crippen LogP contribution in [0.3, 0.4) is 0 Å². The summed E-state index contributed by atoms with van der Waals surface area (Å²) in [5.41, 5.74) is 3.65. The van der Waals surface area contributed by atoms with Crippen LogP contribution in [0.15, 0.2) is 42.5 Å². The second-order valence-electron chi connectivity index (χ2n) is 4.61. The van der Waals surface area contributed by atoms with Crippen molar-refractivity contribution in [2.75, 3.05) is 11.9 Å². The highest BCUT2D eigenvalue weighted by atomic mass is 35.5. The first-order valence-corrected chi connectivity index (χ1v) is 7.20. The van der Waals surface area contributed by atoms with Gasteiger partial charge in [0.15, 0.2) is 0 Å². The molecule has 2 aromatic carbocycles. The summed E-state index contributed by atoms with van der Waals surface area (Å²) in [7, 11) is 0. The van der Waals surface area contributed by atoms with E-state index in [1.54, 1.807) is 12.1 Å². The Hall–Kier alpha value is -2.02. The van der Waals surface area contributed by atoms with E-state index in [0.29, 0.717) is 23.7 Å². The van der Waals surface area contributed by atoms with Gasteiger partial charge in [-0.3, -0.25) is 0 Å². The van der Waals surface area contributed by atoms with Gasteiger partial charge in [0, 0.05) is 18.2 Å². The molecule has 108 valence electrons. The van der Waals surface area contributed by atoms with Gasteiger partial charge in [-0.1, -0.05) is 35.9 Å². The molecule has 0 spiro atoms. The highest BCUT2D eigenvalue weighted by Crippen LogP contribution is 2.20. The molecule has 0 amide bonds.